The molecule has 0 bridgehead atoms. The number of hydrogen-bond acceptors (Lipinski definition) is 15. The quantitative estimate of drug-likeness (QED) is 0.0318. The second kappa shape index (κ2) is 24.2. The van der Waals surface area contributed by atoms with Gasteiger partial charge in [0.25, 0.3) is 0 Å². The predicted octanol–water partition coefficient (Wildman–Crippen LogP) is 9.16. The number of hydrogen-bond donors (Lipinski definition) is 4. The van der Waals surface area contributed by atoms with E-state index in [9.17, 15) is 24.3 Å². The summed E-state index contributed by atoms with van der Waals surface area (Å²) in [6.45, 7) is 5.43. The van der Waals surface area contributed by atoms with Crippen molar-refractivity contribution in [2.24, 2.45) is 0 Å². The molecule has 7 rings (SSSR count). The summed E-state index contributed by atoms with van der Waals surface area (Å²) in [5.41, 5.74) is 2.61. The molecule has 71 heavy (non-hydrogen) atoms. The van der Waals surface area contributed by atoms with E-state index in [1.807, 2.05) is 0 Å². The van der Waals surface area contributed by atoms with Gasteiger partial charge in [-0.05, 0) is 79.8 Å². The van der Waals surface area contributed by atoms with Gasteiger partial charge in [-0.25, -0.2) is 18.9 Å². The Hall–Kier alpha value is -7.05. The molecular weight excluding hydrogens is 938 g/mol. The zero-order valence-corrected chi connectivity index (χ0v) is 40.4. The zero-order chi connectivity index (χ0) is 50.4. The molecule has 1 fully saturated rings. The number of amides is 2. The van der Waals surface area contributed by atoms with Crippen molar-refractivity contribution in [3.63, 3.8) is 0 Å². The van der Waals surface area contributed by atoms with Crippen molar-refractivity contribution in [2.75, 3.05) is 18.5 Å². The highest BCUT2D eigenvalue weighted by atomic mass is 31.2. The lowest BCUT2D eigenvalue weighted by molar-refractivity contribution is -0.276. The largest absolute Gasteiger partial charge is 0.509 e. The van der Waals surface area contributed by atoms with E-state index in [2.05, 4.69) is 15.6 Å². The highest BCUT2D eigenvalue weighted by Crippen LogP contribution is 2.54. The minimum atomic E-state index is -4.80. The third-order valence-electron chi connectivity index (χ3n) is 10.7. The number of carbonyl (C=O) groups excluding carboxylic acids is 4. The van der Waals surface area contributed by atoms with Gasteiger partial charge in [0.15, 0.2) is 6.10 Å². The molecule has 0 spiro atoms. The summed E-state index contributed by atoms with van der Waals surface area (Å²) in [5, 5.41) is 18.4. The molecule has 0 saturated carbocycles. The molecule has 5 aromatic carbocycles. The Kier molecular flexibility index (Phi) is 17.6. The van der Waals surface area contributed by atoms with Crippen molar-refractivity contribution in [2.45, 2.75) is 90.2 Å². The van der Waals surface area contributed by atoms with E-state index in [-0.39, 0.29) is 42.7 Å². The van der Waals surface area contributed by atoms with Gasteiger partial charge in [-0.1, -0.05) is 103 Å². The standard InChI is InChI=1S/C52H56N3O15P/c1-34(56)53-27-26-38-29-54-42-25-24-39(28-41(38)42)66-49-47(68-51(60)63-30-35-16-8-5-9-17-35)46(70-71(61,64-31-36-18-10-6-11-19-36)65-32-37-20-12-7-13-21-37)45(57)44(67-49)33-62-48(58)40-22-14-15-23-43(40)55-50(59)69-52(2,3)4/h5-25,28-29,44-47,49,54,57H,26-27,30-33H2,1-4H3,(H,53,56)(H,55,59)/t44-,45-,46+,47-,49-/m1/s1. The highest BCUT2D eigenvalue weighted by Gasteiger charge is 2.53. The number of fused-ring (bicyclic) bond motifs is 1. The van der Waals surface area contributed by atoms with Crippen LogP contribution < -0.4 is 15.4 Å². The van der Waals surface area contributed by atoms with Gasteiger partial charge in [-0.15, -0.1) is 0 Å². The maximum absolute atomic E-state index is 15.0. The Morgan fingerprint density at radius 1 is 0.761 bits per heavy atom. The van der Waals surface area contributed by atoms with E-state index in [1.54, 1.807) is 148 Å². The van der Waals surface area contributed by atoms with Gasteiger partial charge in [0.1, 0.15) is 42.9 Å². The van der Waals surface area contributed by atoms with Crippen molar-refractivity contribution in [3.05, 3.63) is 167 Å². The van der Waals surface area contributed by atoms with E-state index >= 15 is 4.57 Å². The molecule has 6 aromatic rings. The lowest BCUT2D eigenvalue weighted by Gasteiger charge is -2.43. The van der Waals surface area contributed by atoms with Crippen LogP contribution in [0.25, 0.3) is 10.9 Å². The number of ether oxygens (including phenoxy) is 6. The maximum Gasteiger partial charge on any atom is 0.509 e. The lowest BCUT2D eigenvalue weighted by atomic mass is 9.99. The molecule has 19 heteroatoms. The summed E-state index contributed by atoms with van der Waals surface area (Å²) >= 11 is 0. The van der Waals surface area contributed by atoms with Gasteiger partial charge < -0.3 is 43.8 Å². The maximum atomic E-state index is 15.0. The fourth-order valence-corrected chi connectivity index (χ4v) is 8.65. The second-order valence-electron chi connectivity index (χ2n) is 17.3. The van der Waals surface area contributed by atoms with Gasteiger partial charge >= 0.3 is 26.0 Å². The van der Waals surface area contributed by atoms with Crippen LogP contribution in [-0.2, 0) is 72.9 Å². The van der Waals surface area contributed by atoms with Crippen LogP contribution in [0.4, 0.5) is 15.3 Å². The van der Waals surface area contributed by atoms with Crippen LogP contribution in [0.1, 0.15) is 60.3 Å². The Balaban J connectivity index is 1.24. The normalized spacial score (nSPS) is 18.0. The van der Waals surface area contributed by atoms with E-state index in [0.29, 0.717) is 29.7 Å². The molecule has 18 nitrogen and oxygen atoms in total. The van der Waals surface area contributed by atoms with Crippen LogP contribution in [-0.4, -0.2) is 83.7 Å². The molecule has 1 aliphatic rings. The third kappa shape index (κ3) is 15.2. The molecule has 0 aliphatic carbocycles. The lowest BCUT2D eigenvalue weighted by Crippen LogP contribution is -2.62. The number of esters is 1. The minimum absolute atomic E-state index is 0.0612. The van der Waals surface area contributed by atoms with Crippen molar-refractivity contribution in [1.82, 2.24) is 10.3 Å². The smallest absolute Gasteiger partial charge is 0.461 e. The van der Waals surface area contributed by atoms with E-state index < -0.39 is 69.0 Å². The number of carbonyl (C=O) groups is 4. The average Bonchev–Trinajstić information content (AvgIpc) is 3.75. The predicted molar refractivity (Wildman–Crippen MR) is 259 cm³/mol. The second-order valence-corrected chi connectivity index (χ2v) is 18.9. The third-order valence-corrected chi connectivity index (χ3v) is 12.1. The number of anilines is 1. The van der Waals surface area contributed by atoms with Crippen LogP contribution in [0.3, 0.4) is 0 Å². The van der Waals surface area contributed by atoms with Gasteiger partial charge in [0.05, 0.1) is 24.5 Å². The fraction of sp³-hybridized carbons (Fsp3) is 0.308. The minimum Gasteiger partial charge on any atom is -0.461 e. The van der Waals surface area contributed by atoms with Gasteiger partial charge in [-0.3, -0.25) is 23.7 Å². The fourth-order valence-electron chi connectivity index (χ4n) is 7.30. The summed E-state index contributed by atoms with van der Waals surface area (Å²) in [4.78, 5) is 55.1. The molecule has 1 aromatic heterocycles. The Labute approximate surface area is 410 Å². The number of rotatable bonds is 20. The van der Waals surface area contributed by atoms with Gasteiger partial charge in [0, 0.05) is 30.6 Å². The van der Waals surface area contributed by atoms with E-state index in [1.165, 1.54) is 19.1 Å². The first kappa shape index (κ1) is 51.8. The van der Waals surface area contributed by atoms with Crippen LogP contribution in [0.5, 0.6) is 5.75 Å². The summed E-state index contributed by atoms with van der Waals surface area (Å²) < 4.78 is 68.6. The van der Waals surface area contributed by atoms with Crippen LogP contribution in [0.15, 0.2) is 140 Å². The number of phosphoric ester groups is 1. The summed E-state index contributed by atoms with van der Waals surface area (Å²) in [6, 6.07) is 37.5. The monoisotopic (exact) mass is 993 g/mol. The van der Waals surface area contributed by atoms with Gasteiger partial charge in [0.2, 0.25) is 12.2 Å². The number of aromatic amines is 1. The molecule has 4 N–H and O–H groups in total. The van der Waals surface area contributed by atoms with Crippen LogP contribution in [0, 0.1) is 0 Å². The number of H-pyrrole nitrogens is 1. The van der Waals surface area contributed by atoms with Crippen LogP contribution >= 0.6 is 7.82 Å². The Morgan fingerprint density at radius 2 is 1.37 bits per heavy atom. The van der Waals surface area contributed by atoms with Crippen molar-refractivity contribution < 1.29 is 70.8 Å². The number of aromatic nitrogens is 1. The van der Waals surface area contributed by atoms with Crippen molar-refractivity contribution >= 4 is 48.5 Å². The molecule has 2 heterocycles. The first-order valence-corrected chi connectivity index (χ1v) is 24.2. The first-order valence-electron chi connectivity index (χ1n) is 22.7. The molecule has 0 unspecified atom stereocenters. The Bertz CT molecular complexity index is 2720. The van der Waals surface area contributed by atoms with E-state index in [0.717, 1.165) is 16.5 Å². The zero-order valence-electron chi connectivity index (χ0n) is 39.5. The molecule has 1 aliphatic heterocycles. The number of nitrogens with one attached hydrogen (secondary N) is 3. The summed E-state index contributed by atoms with van der Waals surface area (Å²) in [7, 11) is -4.80. The molecule has 1 saturated heterocycles. The average molecular weight is 994 g/mol. The van der Waals surface area contributed by atoms with Gasteiger partial charge in [-0.2, -0.15) is 0 Å². The first-order chi connectivity index (χ1) is 34.1. The molecule has 0 radical (unpaired) electrons. The van der Waals surface area contributed by atoms with Crippen LogP contribution in [0.2, 0.25) is 0 Å². The summed E-state index contributed by atoms with van der Waals surface area (Å²) in [5.74, 6) is -0.929. The van der Waals surface area contributed by atoms with E-state index in [4.69, 9.17) is 42.0 Å². The number of para-hydroxylation sites is 1. The topological polar surface area (TPSA) is 228 Å². The SMILES string of the molecule is CC(=O)NCCc1c[nH]c2ccc(O[C@@H]3O[C@H](COC(=O)c4ccccc4NC(=O)OC(C)(C)C)[C@@H](O)[C@H](OP(=O)(OCc4ccccc4)OCc4ccccc4)[C@H]3OC(=O)OCc3ccccc3)cc12. The molecular formula is C52H56N3O15P. The molecule has 374 valence electrons. The number of phosphoric acid groups is 1. The number of aliphatic hydroxyl groups excluding tert-OH is 1. The van der Waals surface area contributed by atoms with Crippen molar-refractivity contribution in [3.8, 4) is 5.75 Å². The summed E-state index contributed by atoms with van der Waals surface area (Å²) in [6.07, 6.45) is -8.57. The number of benzene rings is 5. The molecule has 5 atom stereocenters. The molecule has 2 amide bonds. The highest BCUT2D eigenvalue weighted by molar-refractivity contribution is 7.48. The Morgan fingerprint density at radius 3 is 1.99 bits per heavy atom. The number of aliphatic hydroxyl groups is 1. The van der Waals surface area contributed by atoms with Crippen molar-refractivity contribution in [1.29, 1.82) is 0 Å².